The predicted molar refractivity (Wildman–Crippen MR) is 107 cm³/mol. The summed E-state index contributed by atoms with van der Waals surface area (Å²) in [6.45, 7) is 5.55. The summed E-state index contributed by atoms with van der Waals surface area (Å²) in [6, 6.07) is 6.39. The molecule has 0 bridgehead atoms. The van der Waals surface area contributed by atoms with Crippen molar-refractivity contribution in [2.75, 3.05) is 39.3 Å². The fourth-order valence-electron chi connectivity index (χ4n) is 2.81. The topological polar surface area (TPSA) is 70.4 Å². The maximum atomic E-state index is 13.7. The molecule has 1 saturated heterocycles. The van der Waals surface area contributed by atoms with Crippen molar-refractivity contribution in [1.82, 2.24) is 20.5 Å². The summed E-state index contributed by atoms with van der Waals surface area (Å²) in [7, 11) is 0. The van der Waals surface area contributed by atoms with Crippen LogP contribution in [0.25, 0.3) is 11.3 Å². The number of benzene rings is 1. The maximum absolute atomic E-state index is 13.7. The molecule has 6 nitrogen and oxygen atoms in total. The molecule has 1 aliphatic rings. The number of amides is 1. The molecular weight excluding hydrogens is 394 g/mol. The number of nitrogens with one attached hydrogen (secondary N) is 2. The van der Waals surface area contributed by atoms with E-state index in [1.54, 1.807) is 18.2 Å². The van der Waals surface area contributed by atoms with Gasteiger partial charge in [-0.2, -0.15) is 0 Å². The molecule has 0 unspecified atom stereocenters. The minimum Gasteiger partial charge on any atom is -0.441 e. The Labute approximate surface area is 170 Å². The first-order chi connectivity index (χ1) is 12.2. The van der Waals surface area contributed by atoms with Gasteiger partial charge in [-0.1, -0.05) is 12.1 Å². The van der Waals surface area contributed by atoms with E-state index < -0.39 is 0 Å². The molecule has 9 heteroatoms. The van der Waals surface area contributed by atoms with Crippen LogP contribution in [0, 0.1) is 5.82 Å². The molecule has 0 atom stereocenters. The molecule has 0 aliphatic carbocycles. The molecule has 27 heavy (non-hydrogen) atoms. The van der Waals surface area contributed by atoms with Crippen LogP contribution < -0.4 is 10.6 Å². The van der Waals surface area contributed by atoms with Gasteiger partial charge in [-0.05, 0) is 12.1 Å². The summed E-state index contributed by atoms with van der Waals surface area (Å²) in [5.41, 5.74) is 0.377. The molecule has 150 valence electrons. The predicted octanol–water partition coefficient (Wildman–Crippen LogP) is 2.28. The summed E-state index contributed by atoms with van der Waals surface area (Å²) >= 11 is 0. The highest BCUT2D eigenvalue weighted by atomic mass is 35.5. The van der Waals surface area contributed by atoms with Gasteiger partial charge in [-0.25, -0.2) is 9.37 Å². The van der Waals surface area contributed by atoms with E-state index in [1.807, 2.05) is 0 Å². The molecule has 1 aromatic carbocycles. The van der Waals surface area contributed by atoms with Gasteiger partial charge in [0, 0.05) is 52.1 Å². The van der Waals surface area contributed by atoms with Gasteiger partial charge in [0.2, 0.25) is 5.91 Å². The molecule has 0 spiro atoms. The Hall–Kier alpha value is -1.67. The first-order valence-electron chi connectivity index (χ1n) is 8.62. The highest BCUT2D eigenvalue weighted by Gasteiger charge is 2.12. The van der Waals surface area contributed by atoms with Crippen LogP contribution in [0.4, 0.5) is 4.39 Å². The molecule has 2 aromatic rings. The van der Waals surface area contributed by atoms with E-state index in [0.717, 1.165) is 32.7 Å². The first-order valence-corrected chi connectivity index (χ1v) is 8.62. The molecule has 2 N–H and O–H groups in total. The van der Waals surface area contributed by atoms with Crippen molar-refractivity contribution in [1.29, 1.82) is 0 Å². The molecule has 1 amide bonds. The molecule has 0 saturated carbocycles. The normalized spacial score (nSPS) is 14.1. The zero-order chi connectivity index (χ0) is 17.5. The molecule has 0 radical (unpaired) electrons. The van der Waals surface area contributed by atoms with Gasteiger partial charge in [-0.15, -0.1) is 24.8 Å². The number of aromatic nitrogens is 1. The second-order valence-corrected chi connectivity index (χ2v) is 6.04. The van der Waals surface area contributed by atoms with Gasteiger partial charge in [0.15, 0.2) is 11.7 Å². The number of hydrogen-bond donors (Lipinski definition) is 2. The average Bonchev–Trinajstić information content (AvgIpc) is 3.10. The number of carbonyl (C=O) groups is 1. The van der Waals surface area contributed by atoms with Gasteiger partial charge in [0.05, 0.1) is 11.8 Å². The standard InChI is InChI=1S/C18H23FN4O2.2ClH/c19-15-4-2-1-3-14(15)16-13-22-18(25-16)6-5-17(24)21-9-12-23-10-7-20-8-11-23;;/h1-4,13,20H,5-12H2,(H,21,24);2*1H. The van der Waals surface area contributed by atoms with E-state index in [0.29, 0.717) is 36.6 Å². The van der Waals surface area contributed by atoms with Gasteiger partial charge in [0.1, 0.15) is 5.82 Å². The van der Waals surface area contributed by atoms with E-state index in [4.69, 9.17) is 4.42 Å². The third-order valence-electron chi connectivity index (χ3n) is 4.22. The van der Waals surface area contributed by atoms with Crippen LogP contribution in [0.2, 0.25) is 0 Å². The quantitative estimate of drug-likeness (QED) is 0.721. The zero-order valence-electron chi connectivity index (χ0n) is 14.9. The van der Waals surface area contributed by atoms with Crippen molar-refractivity contribution in [3.8, 4) is 11.3 Å². The van der Waals surface area contributed by atoms with Gasteiger partial charge in [0.25, 0.3) is 0 Å². The highest BCUT2D eigenvalue weighted by molar-refractivity contribution is 5.85. The molecule has 2 heterocycles. The third kappa shape index (κ3) is 7.10. The van der Waals surface area contributed by atoms with Crippen LogP contribution >= 0.6 is 24.8 Å². The fraction of sp³-hybridized carbons (Fsp3) is 0.444. The summed E-state index contributed by atoms with van der Waals surface area (Å²) in [5, 5.41) is 6.22. The summed E-state index contributed by atoms with van der Waals surface area (Å²) < 4.78 is 19.3. The maximum Gasteiger partial charge on any atom is 0.220 e. The van der Waals surface area contributed by atoms with Crippen molar-refractivity contribution in [2.45, 2.75) is 12.8 Å². The number of halogens is 3. The molecule has 1 aliphatic heterocycles. The number of aryl methyl sites for hydroxylation is 1. The van der Waals surface area contributed by atoms with Gasteiger partial charge in [-0.3, -0.25) is 9.69 Å². The zero-order valence-corrected chi connectivity index (χ0v) is 16.6. The Bertz CT molecular complexity index is 708. The second kappa shape index (κ2) is 11.9. The largest absolute Gasteiger partial charge is 0.441 e. The lowest BCUT2D eigenvalue weighted by Gasteiger charge is -2.27. The van der Waals surface area contributed by atoms with Gasteiger partial charge >= 0.3 is 0 Å². The monoisotopic (exact) mass is 418 g/mol. The Kier molecular flexibility index (Phi) is 10.3. The van der Waals surface area contributed by atoms with Crippen LogP contribution in [0.15, 0.2) is 34.9 Å². The van der Waals surface area contributed by atoms with Gasteiger partial charge < -0.3 is 15.1 Å². The van der Waals surface area contributed by atoms with Crippen molar-refractivity contribution < 1.29 is 13.6 Å². The number of oxazole rings is 1. The van der Waals surface area contributed by atoms with Crippen LogP contribution in [-0.4, -0.2) is 55.1 Å². The van der Waals surface area contributed by atoms with E-state index >= 15 is 0 Å². The van der Waals surface area contributed by atoms with E-state index in [1.165, 1.54) is 12.3 Å². The lowest BCUT2D eigenvalue weighted by Crippen LogP contribution is -2.46. The van der Waals surface area contributed by atoms with Crippen molar-refractivity contribution >= 4 is 30.7 Å². The van der Waals surface area contributed by atoms with Crippen LogP contribution in [0.5, 0.6) is 0 Å². The smallest absolute Gasteiger partial charge is 0.220 e. The Morgan fingerprint density at radius 2 is 2.00 bits per heavy atom. The lowest BCUT2D eigenvalue weighted by atomic mass is 10.2. The lowest BCUT2D eigenvalue weighted by molar-refractivity contribution is -0.121. The molecule has 1 fully saturated rings. The fourth-order valence-corrected chi connectivity index (χ4v) is 2.81. The number of nitrogens with zero attached hydrogens (tertiary/aromatic N) is 2. The van der Waals surface area contributed by atoms with E-state index in [2.05, 4.69) is 20.5 Å². The molecule has 3 rings (SSSR count). The number of rotatable bonds is 7. The number of carbonyl (C=O) groups excluding carboxylic acids is 1. The SMILES string of the molecule is Cl.Cl.O=C(CCc1ncc(-c2ccccc2F)o1)NCCN1CCNCC1. The van der Waals surface area contributed by atoms with Crippen LogP contribution in [-0.2, 0) is 11.2 Å². The second-order valence-electron chi connectivity index (χ2n) is 6.04. The number of hydrogen-bond acceptors (Lipinski definition) is 5. The Morgan fingerprint density at radius 3 is 2.74 bits per heavy atom. The van der Waals surface area contributed by atoms with Crippen molar-refractivity contribution in [3.63, 3.8) is 0 Å². The van der Waals surface area contributed by atoms with Crippen LogP contribution in [0.3, 0.4) is 0 Å². The Balaban J connectivity index is 0.00000182. The van der Waals surface area contributed by atoms with Crippen molar-refractivity contribution in [2.24, 2.45) is 0 Å². The minimum absolute atomic E-state index is 0. The molecular formula is C18H25Cl2FN4O2. The van der Waals surface area contributed by atoms with E-state index in [-0.39, 0.29) is 36.5 Å². The summed E-state index contributed by atoms with van der Waals surface area (Å²) in [5.74, 6) is 0.444. The molecule has 1 aromatic heterocycles. The summed E-state index contributed by atoms with van der Waals surface area (Å²) in [6.07, 6.45) is 2.20. The Morgan fingerprint density at radius 1 is 1.26 bits per heavy atom. The number of piperazine rings is 1. The van der Waals surface area contributed by atoms with Crippen LogP contribution in [0.1, 0.15) is 12.3 Å². The third-order valence-corrected chi connectivity index (χ3v) is 4.22. The summed E-state index contributed by atoms with van der Waals surface area (Å²) in [4.78, 5) is 18.4. The highest BCUT2D eigenvalue weighted by Crippen LogP contribution is 2.23. The van der Waals surface area contributed by atoms with Crippen molar-refractivity contribution in [3.05, 3.63) is 42.2 Å². The van der Waals surface area contributed by atoms with E-state index in [9.17, 15) is 9.18 Å². The first kappa shape index (κ1) is 23.4. The minimum atomic E-state index is -0.351. The average molecular weight is 419 g/mol.